The Morgan fingerprint density at radius 2 is 1.88 bits per heavy atom. The van der Waals surface area contributed by atoms with Crippen LogP contribution in [-0.4, -0.2) is 41.2 Å². The van der Waals surface area contributed by atoms with E-state index >= 15 is 0 Å². The predicted octanol–water partition coefficient (Wildman–Crippen LogP) is 1.39. The zero-order chi connectivity index (χ0) is 23.8. The Kier molecular flexibility index (Phi) is 8.39. The molecule has 0 bridgehead atoms. The van der Waals surface area contributed by atoms with E-state index < -0.39 is 29.6 Å². The van der Waals surface area contributed by atoms with Crippen molar-refractivity contribution < 1.29 is 23.8 Å². The second-order valence-corrected chi connectivity index (χ2v) is 6.77. The van der Waals surface area contributed by atoms with Crippen molar-refractivity contribution in [2.75, 3.05) is 26.1 Å². The Balaban J connectivity index is 2.14. The lowest BCUT2D eigenvalue weighted by Crippen LogP contribution is -2.43. The Morgan fingerprint density at radius 3 is 2.50 bits per heavy atom. The van der Waals surface area contributed by atoms with Gasteiger partial charge in [-0.25, -0.2) is 9.59 Å². The van der Waals surface area contributed by atoms with Crippen LogP contribution in [0.2, 0.25) is 0 Å². The molecule has 2 aromatic rings. The minimum absolute atomic E-state index is 0.238. The molecule has 32 heavy (non-hydrogen) atoms. The average molecular weight is 445 g/mol. The fourth-order valence-corrected chi connectivity index (χ4v) is 2.97. The Bertz CT molecular complexity index is 1150. The fourth-order valence-electron chi connectivity index (χ4n) is 2.97. The van der Waals surface area contributed by atoms with E-state index in [9.17, 15) is 19.2 Å². The Labute approximate surface area is 184 Å². The molecule has 0 aliphatic carbocycles. The number of Topliss-reactive ketones (excluding diaryl/α,β-unsaturated/α-hetero) is 1. The van der Waals surface area contributed by atoms with Gasteiger partial charge >= 0.3 is 11.7 Å². The van der Waals surface area contributed by atoms with Gasteiger partial charge in [0.05, 0.1) is 13.7 Å². The molecule has 0 spiro atoms. The van der Waals surface area contributed by atoms with Gasteiger partial charge in [0, 0.05) is 19.7 Å². The molecule has 0 saturated carbocycles. The zero-order valence-corrected chi connectivity index (χ0v) is 18.5. The molecule has 2 rings (SSSR count). The van der Waals surface area contributed by atoms with E-state index in [1.165, 1.54) is 20.2 Å². The summed E-state index contributed by atoms with van der Waals surface area (Å²) in [5.74, 6) is -0.740. The molecule has 172 valence electrons. The lowest BCUT2D eigenvalue weighted by molar-refractivity contribution is -0.136. The maximum absolute atomic E-state index is 12.5. The molecule has 0 aliphatic rings. The third-order valence-corrected chi connectivity index (χ3v) is 4.55. The molecule has 0 amide bonds. The number of rotatable bonds is 10. The number of ketones is 1. The number of nitrogen functional groups attached to an aromatic ring is 1. The Hall–Kier alpha value is -3.82. The number of methoxy groups -OCH3 is 1. The van der Waals surface area contributed by atoms with Gasteiger partial charge < -0.3 is 19.9 Å². The molecule has 0 saturated heterocycles. The van der Waals surface area contributed by atoms with Crippen LogP contribution < -0.4 is 26.5 Å². The molecule has 0 aliphatic heterocycles. The van der Waals surface area contributed by atoms with Crippen LogP contribution in [-0.2, 0) is 23.1 Å². The number of carbonyl (C=O) groups excluding carboxylic acids is 2. The summed E-state index contributed by atoms with van der Waals surface area (Å²) in [5, 5.41) is 0. The van der Waals surface area contributed by atoms with Crippen molar-refractivity contribution in [3.05, 3.63) is 56.2 Å². The highest BCUT2D eigenvalue weighted by Gasteiger charge is 2.22. The molecule has 0 atom stereocenters. The molecular weight excluding hydrogens is 418 g/mol. The van der Waals surface area contributed by atoms with Crippen LogP contribution in [0, 0.1) is 0 Å². The lowest BCUT2D eigenvalue weighted by atomic mass is 10.2. The molecule has 10 nitrogen and oxygen atoms in total. The van der Waals surface area contributed by atoms with Gasteiger partial charge in [0.1, 0.15) is 11.4 Å². The number of nitrogens with two attached hydrogens (primary N) is 1. The number of esters is 1. The summed E-state index contributed by atoms with van der Waals surface area (Å²) in [6.45, 7) is 3.66. The standard InChI is InChI=1S/C22H27N3O7/c1-5-11-25-20(23)19(21(28)24(3)22(25)29)15(26)13-32-18(27)10-8-14-7-9-16(30-4)17(12-14)31-6-2/h7-10,12H,5-6,11,13,23H2,1-4H3. The van der Waals surface area contributed by atoms with Gasteiger partial charge in [-0.05, 0) is 37.1 Å². The van der Waals surface area contributed by atoms with Gasteiger partial charge in [-0.2, -0.15) is 0 Å². The second kappa shape index (κ2) is 11.0. The first kappa shape index (κ1) is 24.4. The number of ether oxygens (including phenoxy) is 3. The number of carbonyl (C=O) groups is 2. The van der Waals surface area contributed by atoms with Crippen molar-refractivity contribution in [1.29, 1.82) is 0 Å². The maximum atomic E-state index is 12.5. The second-order valence-electron chi connectivity index (χ2n) is 6.77. The topological polar surface area (TPSA) is 132 Å². The van der Waals surface area contributed by atoms with Gasteiger partial charge in [0.25, 0.3) is 5.56 Å². The molecule has 1 aromatic carbocycles. The van der Waals surface area contributed by atoms with Crippen LogP contribution in [0.15, 0.2) is 33.9 Å². The average Bonchev–Trinajstić information content (AvgIpc) is 2.78. The fraction of sp³-hybridized carbons (Fsp3) is 0.364. The molecular formula is C22H27N3O7. The summed E-state index contributed by atoms with van der Waals surface area (Å²) < 4.78 is 17.6. The number of anilines is 1. The zero-order valence-electron chi connectivity index (χ0n) is 18.5. The van der Waals surface area contributed by atoms with Crippen molar-refractivity contribution in [3.63, 3.8) is 0 Å². The van der Waals surface area contributed by atoms with Gasteiger partial charge in [-0.3, -0.25) is 18.7 Å². The monoisotopic (exact) mass is 445 g/mol. The highest BCUT2D eigenvalue weighted by molar-refractivity contribution is 6.02. The smallest absolute Gasteiger partial charge is 0.332 e. The van der Waals surface area contributed by atoms with Crippen LogP contribution in [0.3, 0.4) is 0 Å². The summed E-state index contributed by atoms with van der Waals surface area (Å²) >= 11 is 0. The number of hydrogen-bond acceptors (Lipinski definition) is 8. The maximum Gasteiger partial charge on any atom is 0.332 e. The lowest BCUT2D eigenvalue weighted by Gasteiger charge is -2.13. The first-order valence-electron chi connectivity index (χ1n) is 10.0. The number of hydrogen-bond donors (Lipinski definition) is 1. The minimum atomic E-state index is -0.835. The largest absolute Gasteiger partial charge is 0.493 e. The predicted molar refractivity (Wildman–Crippen MR) is 119 cm³/mol. The SMILES string of the molecule is CCCn1c(N)c(C(=O)COC(=O)C=Cc2ccc(OC)c(OCC)c2)c(=O)n(C)c1=O. The third-order valence-electron chi connectivity index (χ3n) is 4.55. The van der Waals surface area contributed by atoms with Gasteiger partial charge in [0.2, 0.25) is 5.78 Å². The third kappa shape index (κ3) is 5.45. The van der Waals surface area contributed by atoms with E-state index in [4.69, 9.17) is 19.9 Å². The minimum Gasteiger partial charge on any atom is -0.493 e. The van der Waals surface area contributed by atoms with Crippen molar-refractivity contribution in [2.45, 2.75) is 26.8 Å². The summed E-state index contributed by atoms with van der Waals surface area (Å²) in [7, 11) is 2.78. The first-order chi connectivity index (χ1) is 15.2. The van der Waals surface area contributed by atoms with Crippen LogP contribution in [0.25, 0.3) is 6.08 Å². The molecule has 0 radical (unpaired) electrons. The van der Waals surface area contributed by atoms with Crippen LogP contribution in [0.1, 0.15) is 36.2 Å². The van der Waals surface area contributed by atoms with Crippen LogP contribution >= 0.6 is 0 Å². The van der Waals surface area contributed by atoms with E-state index in [1.807, 2.05) is 13.8 Å². The van der Waals surface area contributed by atoms with Gasteiger partial charge in [0.15, 0.2) is 18.1 Å². The van der Waals surface area contributed by atoms with Gasteiger partial charge in [-0.1, -0.05) is 13.0 Å². The van der Waals surface area contributed by atoms with E-state index in [0.29, 0.717) is 30.1 Å². The van der Waals surface area contributed by atoms with E-state index in [0.717, 1.165) is 15.2 Å². The molecule has 1 heterocycles. The molecule has 2 N–H and O–H groups in total. The molecule has 0 fully saturated rings. The highest BCUT2D eigenvalue weighted by atomic mass is 16.5. The number of nitrogens with zero attached hydrogens (tertiary/aromatic N) is 2. The van der Waals surface area contributed by atoms with Crippen molar-refractivity contribution in [1.82, 2.24) is 9.13 Å². The summed E-state index contributed by atoms with van der Waals surface area (Å²) in [5.41, 5.74) is 4.72. The summed E-state index contributed by atoms with van der Waals surface area (Å²) in [6.07, 6.45) is 3.21. The highest BCUT2D eigenvalue weighted by Crippen LogP contribution is 2.28. The van der Waals surface area contributed by atoms with E-state index in [-0.39, 0.29) is 17.9 Å². The number of benzene rings is 1. The number of aromatic nitrogens is 2. The normalized spacial score (nSPS) is 10.9. The quantitative estimate of drug-likeness (QED) is 0.330. The van der Waals surface area contributed by atoms with E-state index in [2.05, 4.69) is 0 Å². The van der Waals surface area contributed by atoms with Crippen molar-refractivity contribution >= 4 is 23.6 Å². The van der Waals surface area contributed by atoms with Crippen molar-refractivity contribution in [3.8, 4) is 11.5 Å². The Morgan fingerprint density at radius 1 is 1.16 bits per heavy atom. The molecule has 1 aromatic heterocycles. The first-order valence-corrected chi connectivity index (χ1v) is 10.0. The molecule has 0 unspecified atom stereocenters. The van der Waals surface area contributed by atoms with Crippen molar-refractivity contribution in [2.24, 2.45) is 7.05 Å². The van der Waals surface area contributed by atoms with E-state index in [1.54, 1.807) is 18.2 Å². The van der Waals surface area contributed by atoms with Gasteiger partial charge in [-0.15, -0.1) is 0 Å². The van der Waals surface area contributed by atoms with Crippen LogP contribution in [0.4, 0.5) is 5.82 Å². The molecule has 10 heteroatoms. The summed E-state index contributed by atoms with van der Waals surface area (Å²) in [4.78, 5) is 49.2. The van der Waals surface area contributed by atoms with Crippen LogP contribution in [0.5, 0.6) is 11.5 Å². The summed E-state index contributed by atoms with van der Waals surface area (Å²) in [6, 6.07) is 5.11.